The number of amides is 2. The molecule has 196 valence electrons. The van der Waals surface area contributed by atoms with Crippen molar-refractivity contribution in [1.29, 1.82) is 0 Å². The molecule has 0 bridgehead atoms. The highest BCUT2D eigenvalue weighted by molar-refractivity contribution is 5.82. The molecule has 1 saturated carbocycles. The van der Waals surface area contributed by atoms with Crippen molar-refractivity contribution in [3.05, 3.63) is 99.1 Å². The van der Waals surface area contributed by atoms with Gasteiger partial charge in [0.15, 0.2) is 0 Å². The lowest BCUT2D eigenvalue weighted by Crippen LogP contribution is -2.44. The quantitative estimate of drug-likeness (QED) is 0.375. The summed E-state index contributed by atoms with van der Waals surface area (Å²) in [7, 11) is 0. The van der Waals surface area contributed by atoms with Crippen molar-refractivity contribution < 1.29 is 14.0 Å². The van der Waals surface area contributed by atoms with Crippen LogP contribution in [0.25, 0.3) is 16.6 Å². The minimum Gasteiger partial charge on any atom is -0.467 e. The molecule has 2 amide bonds. The number of carbonyl (C=O) groups excluding carboxylic acids is 2. The van der Waals surface area contributed by atoms with E-state index in [1.165, 1.54) is 11.0 Å². The molecule has 2 aromatic carbocycles. The summed E-state index contributed by atoms with van der Waals surface area (Å²) in [5.41, 5.74) is 0.468. The number of benzene rings is 2. The molecule has 0 atom stereocenters. The number of para-hydroxylation sites is 1. The van der Waals surface area contributed by atoms with Crippen LogP contribution in [0.4, 0.5) is 0 Å². The second-order valence-corrected chi connectivity index (χ2v) is 9.63. The van der Waals surface area contributed by atoms with Crippen LogP contribution in [0.3, 0.4) is 0 Å². The molecule has 2 heterocycles. The Morgan fingerprint density at radius 2 is 1.66 bits per heavy atom. The van der Waals surface area contributed by atoms with E-state index >= 15 is 0 Å². The van der Waals surface area contributed by atoms with Crippen LogP contribution in [-0.2, 0) is 29.1 Å². The molecule has 2 aromatic heterocycles. The van der Waals surface area contributed by atoms with Crippen LogP contribution < -0.4 is 21.9 Å². The van der Waals surface area contributed by atoms with E-state index in [2.05, 4.69) is 10.6 Å². The minimum absolute atomic E-state index is 0.118. The molecule has 1 aliphatic carbocycles. The summed E-state index contributed by atoms with van der Waals surface area (Å²) < 4.78 is 7.65. The highest BCUT2D eigenvalue weighted by Gasteiger charge is 2.19. The Morgan fingerprint density at radius 1 is 0.895 bits per heavy atom. The van der Waals surface area contributed by atoms with E-state index in [0.29, 0.717) is 28.9 Å². The Kier molecular flexibility index (Phi) is 7.53. The fraction of sp³-hybridized carbons (Fsp3) is 0.310. The Labute approximate surface area is 219 Å². The fourth-order valence-corrected chi connectivity index (χ4v) is 4.97. The molecular weight excluding hydrogens is 484 g/mol. The van der Waals surface area contributed by atoms with E-state index in [1.54, 1.807) is 66.9 Å². The molecule has 38 heavy (non-hydrogen) atoms. The summed E-state index contributed by atoms with van der Waals surface area (Å²) in [6, 6.07) is 17.2. The minimum atomic E-state index is -0.587. The maximum Gasteiger partial charge on any atom is 0.336 e. The molecule has 0 aliphatic heterocycles. The predicted octanol–water partition coefficient (Wildman–Crippen LogP) is 3.05. The normalized spacial score (nSPS) is 13.9. The van der Waals surface area contributed by atoms with Gasteiger partial charge in [-0.25, -0.2) is 9.36 Å². The Morgan fingerprint density at radius 3 is 2.39 bits per heavy atom. The van der Waals surface area contributed by atoms with Crippen LogP contribution in [-0.4, -0.2) is 27.0 Å². The monoisotopic (exact) mass is 514 g/mol. The predicted molar refractivity (Wildman–Crippen MR) is 143 cm³/mol. The molecular formula is C29H30N4O5. The van der Waals surface area contributed by atoms with Crippen LogP contribution in [0, 0.1) is 0 Å². The number of nitrogens with one attached hydrogen (secondary N) is 2. The Bertz CT molecular complexity index is 1540. The first-order chi connectivity index (χ1) is 18.5. The molecule has 2 N–H and O–H groups in total. The van der Waals surface area contributed by atoms with Crippen molar-refractivity contribution in [2.24, 2.45) is 0 Å². The van der Waals surface area contributed by atoms with Gasteiger partial charge in [-0.15, -0.1) is 0 Å². The van der Waals surface area contributed by atoms with E-state index in [4.69, 9.17) is 4.42 Å². The maximum absolute atomic E-state index is 13.6. The van der Waals surface area contributed by atoms with Crippen LogP contribution in [0.1, 0.15) is 43.4 Å². The summed E-state index contributed by atoms with van der Waals surface area (Å²) in [5.74, 6) is 0.238. The average molecular weight is 515 g/mol. The highest BCUT2D eigenvalue weighted by Crippen LogP contribution is 2.17. The second kappa shape index (κ2) is 11.3. The maximum atomic E-state index is 13.6. The van der Waals surface area contributed by atoms with Crippen LogP contribution in [0.2, 0.25) is 0 Å². The molecule has 4 aromatic rings. The molecule has 9 nitrogen and oxygen atoms in total. The Balaban J connectivity index is 1.39. The first-order valence-corrected chi connectivity index (χ1v) is 12.9. The zero-order valence-electron chi connectivity index (χ0n) is 21.0. The van der Waals surface area contributed by atoms with Gasteiger partial charge in [-0.2, -0.15) is 0 Å². The summed E-state index contributed by atoms with van der Waals surface area (Å²) in [4.78, 5) is 52.1. The number of rotatable bonds is 8. The van der Waals surface area contributed by atoms with Crippen molar-refractivity contribution in [1.82, 2.24) is 19.8 Å². The highest BCUT2D eigenvalue weighted by atomic mass is 16.3. The first kappa shape index (κ1) is 25.3. The molecule has 1 aliphatic rings. The zero-order valence-corrected chi connectivity index (χ0v) is 21.0. The van der Waals surface area contributed by atoms with Gasteiger partial charge in [-0.3, -0.25) is 19.0 Å². The summed E-state index contributed by atoms with van der Waals surface area (Å²) in [6.07, 6.45) is 6.91. The van der Waals surface area contributed by atoms with Crippen molar-refractivity contribution in [2.45, 2.75) is 57.7 Å². The van der Waals surface area contributed by atoms with Crippen molar-refractivity contribution >= 4 is 22.7 Å². The lowest BCUT2D eigenvalue weighted by atomic mass is 9.95. The van der Waals surface area contributed by atoms with Gasteiger partial charge in [0.1, 0.15) is 12.3 Å². The van der Waals surface area contributed by atoms with E-state index in [-0.39, 0.29) is 30.8 Å². The SMILES string of the molecule is O=C(Cc1ccc(-n2c(=O)c3ccccc3n(CC(=O)NC3CCCCC3)c2=O)cc1)NCc1ccco1. The summed E-state index contributed by atoms with van der Waals surface area (Å²) >= 11 is 0. The average Bonchev–Trinajstić information content (AvgIpc) is 3.45. The third-order valence-electron chi connectivity index (χ3n) is 6.92. The molecule has 0 saturated heterocycles. The van der Waals surface area contributed by atoms with Crippen LogP contribution in [0.15, 0.2) is 80.9 Å². The number of aromatic nitrogens is 2. The molecule has 0 radical (unpaired) electrons. The van der Waals surface area contributed by atoms with E-state index in [0.717, 1.165) is 35.8 Å². The summed E-state index contributed by atoms with van der Waals surface area (Å²) in [6.45, 7) is 0.119. The van der Waals surface area contributed by atoms with Gasteiger partial charge in [0.25, 0.3) is 5.56 Å². The number of hydrogen-bond donors (Lipinski definition) is 2. The molecule has 0 spiro atoms. The lowest BCUT2D eigenvalue weighted by Gasteiger charge is -2.23. The van der Waals surface area contributed by atoms with Crippen molar-refractivity contribution in [3.63, 3.8) is 0 Å². The zero-order chi connectivity index (χ0) is 26.5. The van der Waals surface area contributed by atoms with Crippen LogP contribution >= 0.6 is 0 Å². The van der Waals surface area contributed by atoms with E-state index < -0.39 is 11.2 Å². The third kappa shape index (κ3) is 5.61. The van der Waals surface area contributed by atoms with Crippen molar-refractivity contribution in [2.75, 3.05) is 0 Å². The standard InChI is InChI=1S/C29H30N4O5/c34-26(30-18-23-9-6-16-38-23)17-20-12-14-22(15-13-20)33-28(36)24-10-4-5-11-25(24)32(29(33)37)19-27(35)31-21-7-2-1-3-8-21/h4-6,9-16,21H,1-3,7-8,17-19H2,(H,30,34)(H,31,35). The van der Waals surface area contributed by atoms with Gasteiger partial charge in [-0.05, 0) is 54.8 Å². The van der Waals surface area contributed by atoms with Gasteiger partial charge in [-0.1, -0.05) is 43.5 Å². The molecule has 0 unspecified atom stereocenters. The summed E-state index contributed by atoms with van der Waals surface area (Å²) in [5, 5.41) is 6.19. The van der Waals surface area contributed by atoms with Gasteiger partial charge < -0.3 is 15.1 Å². The fourth-order valence-electron chi connectivity index (χ4n) is 4.97. The van der Waals surface area contributed by atoms with Gasteiger partial charge in [0.05, 0.1) is 35.8 Å². The largest absolute Gasteiger partial charge is 0.467 e. The van der Waals surface area contributed by atoms with E-state index in [9.17, 15) is 19.2 Å². The third-order valence-corrected chi connectivity index (χ3v) is 6.92. The van der Waals surface area contributed by atoms with Crippen molar-refractivity contribution in [3.8, 4) is 5.69 Å². The smallest absolute Gasteiger partial charge is 0.336 e. The van der Waals surface area contributed by atoms with Crippen LogP contribution in [0.5, 0.6) is 0 Å². The number of carbonyl (C=O) groups is 2. The number of hydrogen-bond acceptors (Lipinski definition) is 5. The molecule has 1 fully saturated rings. The van der Waals surface area contributed by atoms with Gasteiger partial charge >= 0.3 is 5.69 Å². The number of fused-ring (bicyclic) bond motifs is 1. The van der Waals surface area contributed by atoms with Gasteiger partial charge in [0.2, 0.25) is 11.8 Å². The van der Waals surface area contributed by atoms with Gasteiger partial charge in [0, 0.05) is 6.04 Å². The lowest BCUT2D eigenvalue weighted by molar-refractivity contribution is -0.122. The van der Waals surface area contributed by atoms with E-state index in [1.807, 2.05) is 0 Å². The topological polar surface area (TPSA) is 115 Å². The number of nitrogens with zero attached hydrogens (tertiary/aromatic N) is 2. The molecule has 9 heteroatoms. The second-order valence-electron chi connectivity index (χ2n) is 9.63. The Hall–Kier alpha value is -4.40. The molecule has 5 rings (SSSR count). The first-order valence-electron chi connectivity index (χ1n) is 12.9. The number of furan rings is 1.